The van der Waals surface area contributed by atoms with Gasteiger partial charge in [0.15, 0.2) is 5.82 Å². The molecule has 2 N–H and O–H groups in total. The van der Waals surface area contributed by atoms with Gasteiger partial charge < -0.3 is 5.32 Å². The van der Waals surface area contributed by atoms with Crippen LogP contribution < -0.4 is 5.32 Å². The summed E-state index contributed by atoms with van der Waals surface area (Å²) in [5.41, 5.74) is 3.74. The Morgan fingerprint density at radius 3 is 2.40 bits per heavy atom. The number of rotatable bonds is 6. The van der Waals surface area contributed by atoms with Gasteiger partial charge in [-0.1, -0.05) is 94.4 Å². The van der Waals surface area contributed by atoms with Gasteiger partial charge in [-0.05, 0) is 24.6 Å². The van der Waals surface area contributed by atoms with E-state index in [0.717, 1.165) is 26.9 Å². The minimum Gasteiger partial charge on any atom is -0.325 e. The molecule has 4 aromatic rings. The van der Waals surface area contributed by atoms with Gasteiger partial charge in [0.25, 0.3) is 0 Å². The van der Waals surface area contributed by atoms with Crippen molar-refractivity contribution >= 4 is 39.3 Å². The normalized spacial score (nSPS) is 11.8. The number of nitrogens with zero attached hydrogens (tertiary/aromatic N) is 2. The predicted octanol–water partition coefficient (Wildman–Crippen LogP) is 6.02. The monoisotopic (exact) mass is 478 g/mol. The highest BCUT2D eigenvalue weighted by molar-refractivity contribution is 9.10. The van der Waals surface area contributed by atoms with E-state index in [1.165, 1.54) is 11.8 Å². The number of carbonyl (C=O) groups is 1. The molecule has 0 spiro atoms. The number of thioether (sulfide) groups is 1. The first-order valence-corrected chi connectivity index (χ1v) is 11.1. The number of hydrogen-bond donors (Lipinski definition) is 2. The maximum Gasteiger partial charge on any atom is 0.237 e. The van der Waals surface area contributed by atoms with E-state index in [4.69, 9.17) is 0 Å². The fourth-order valence-electron chi connectivity index (χ4n) is 2.98. The number of para-hydroxylation sites is 1. The van der Waals surface area contributed by atoms with Crippen LogP contribution in [0.5, 0.6) is 0 Å². The van der Waals surface area contributed by atoms with Gasteiger partial charge in [-0.25, -0.2) is 4.98 Å². The Kier molecular flexibility index (Phi) is 6.30. The largest absolute Gasteiger partial charge is 0.325 e. The van der Waals surface area contributed by atoms with Crippen LogP contribution in [0.3, 0.4) is 0 Å². The Balaban J connectivity index is 1.47. The summed E-state index contributed by atoms with van der Waals surface area (Å²) in [6.45, 7) is 1.85. The summed E-state index contributed by atoms with van der Waals surface area (Å²) in [5, 5.41) is 10.4. The fourth-order valence-corrected chi connectivity index (χ4v) is 4.18. The van der Waals surface area contributed by atoms with Crippen LogP contribution in [0, 0.1) is 0 Å². The molecule has 0 aliphatic carbocycles. The van der Waals surface area contributed by atoms with Crippen molar-refractivity contribution in [1.29, 1.82) is 0 Å². The molecule has 1 atom stereocenters. The number of H-pyrrole nitrogens is 1. The first-order valence-electron chi connectivity index (χ1n) is 9.41. The molecule has 1 aromatic heterocycles. The quantitative estimate of drug-likeness (QED) is 0.332. The van der Waals surface area contributed by atoms with E-state index in [1.807, 2.05) is 85.8 Å². The van der Waals surface area contributed by atoms with Crippen molar-refractivity contribution in [3.05, 3.63) is 83.3 Å². The van der Waals surface area contributed by atoms with Crippen molar-refractivity contribution in [3.63, 3.8) is 0 Å². The molecule has 0 radical (unpaired) electrons. The topological polar surface area (TPSA) is 70.7 Å². The number of carbonyl (C=O) groups excluding carboxylic acids is 1. The molecule has 1 amide bonds. The van der Waals surface area contributed by atoms with Crippen LogP contribution in [0.25, 0.3) is 22.5 Å². The average Bonchev–Trinajstić information content (AvgIpc) is 3.23. The van der Waals surface area contributed by atoms with Crippen molar-refractivity contribution in [2.24, 2.45) is 0 Å². The highest BCUT2D eigenvalue weighted by atomic mass is 79.9. The van der Waals surface area contributed by atoms with Crippen LogP contribution in [-0.2, 0) is 4.79 Å². The van der Waals surface area contributed by atoms with Gasteiger partial charge in [-0.15, -0.1) is 5.10 Å². The molecule has 30 heavy (non-hydrogen) atoms. The summed E-state index contributed by atoms with van der Waals surface area (Å²) >= 11 is 4.83. The number of anilines is 1. The standard InChI is InChI=1S/C23H19BrN4OS/c1-15(30-23-26-21(27-28-23)18-12-5-7-13-19(18)24)22(29)25-20-14-8-6-11-17(20)16-9-3-2-4-10-16/h2-15H,1H3,(H,25,29)(H,26,27,28). The third-order valence-electron chi connectivity index (χ3n) is 4.52. The Morgan fingerprint density at radius 1 is 0.967 bits per heavy atom. The lowest BCUT2D eigenvalue weighted by molar-refractivity contribution is -0.115. The van der Waals surface area contributed by atoms with Gasteiger partial charge in [0.1, 0.15) is 0 Å². The molecule has 0 bridgehead atoms. The molecule has 1 unspecified atom stereocenters. The second-order valence-electron chi connectivity index (χ2n) is 6.61. The first kappa shape index (κ1) is 20.4. The third kappa shape index (κ3) is 4.63. The lowest BCUT2D eigenvalue weighted by Gasteiger charge is -2.14. The summed E-state index contributed by atoms with van der Waals surface area (Å²) in [5.74, 6) is 0.558. The van der Waals surface area contributed by atoms with Crippen LogP contribution >= 0.6 is 27.7 Å². The zero-order valence-corrected chi connectivity index (χ0v) is 18.6. The van der Waals surface area contributed by atoms with E-state index in [1.54, 1.807) is 0 Å². The molecule has 150 valence electrons. The van der Waals surface area contributed by atoms with Crippen molar-refractivity contribution < 1.29 is 4.79 Å². The molecule has 0 saturated heterocycles. The molecular weight excluding hydrogens is 460 g/mol. The molecule has 7 heteroatoms. The van der Waals surface area contributed by atoms with Crippen molar-refractivity contribution in [2.45, 2.75) is 17.3 Å². The lowest BCUT2D eigenvalue weighted by atomic mass is 10.0. The second-order valence-corrected chi connectivity index (χ2v) is 8.77. The Bertz CT molecular complexity index is 1160. The molecule has 4 rings (SSSR count). The third-order valence-corrected chi connectivity index (χ3v) is 6.17. The van der Waals surface area contributed by atoms with Crippen LogP contribution in [0.15, 0.2) is 88.5 Å². The minimum absolute atomic E-state index is 0.101. The van der Waals surface area contributed by atoms with Gasteiger partial charge in [0, 0.05) is 21.3 Å². The van der Waals surface area contributed by atoms with Crippen molar-refractivity contribution in [3.8, 4) is 22.5 Å². The van der Waals surface area contributed by atoms with E-state index >= 15 is 0 Å². The molecule has 0 saturated carbocycles. The van der Waals surface area contributed by atoms with Gasteiger partial charge in [0.05, 0.1) is 5.25 Å². The fraction of sp³-hybridized carbons (Fsp3) is 0.0870. The zero-order chi connectivity index (χ0) is 20.9. The predicted molar refractivity (Wildman–Crippen MR) is 125 cm³/mol. The Hall–Kier alpha value is -2.90. The maximum absolute atomic E-state index is 12.8. The highest BCUT2D eigenvalue weighted by Gasteiger charge is 2.19. The van der Waals surface area contributed by atoms with E-state index in [-0.39, 0.29) is 11.2 Å². The second kappa shape index (κ2) is 9.28. The number of aromatic nitrogens is 3. The van der Waals surface area contributed by atoms with Crippen LogP contribution in [0.2, 0.25) is 0 Å². The molecule has 5 nitrogen and oxygen atoms in total. The Morgan fingerprint density at radius 2 is 1.63 bits per heavy atom. The van der Waals surface area contributed by atoms with Crippen molar-refractivity contribution in [2.75, 3.05) is 5.32 Å². The number of nitrogens with one attached hydrogen (secondary N) is 2. The lowest BCUT2D eigenvalue weighted by Crippen LogP contribution is -2.22. The van der Waals surface area contributed by atoms with E-state index in [9.17, 15) is 4.79 Å². The summed E-state index contributed by atoms with van der Waals surface area (Å²) in [4.78, 5) is 17.3. The minimum atomic E-state index is -0.364. The summed E-state index contributed by atoms with van der Waals surface area (Å²) in [6, 6.07) is 25.6. The Labute approximate surface area is 187 Å². The molecule has 1 heterocycles. The van der Waals surface area contributed by atoms with Crippen LogP contribution in [-0.4, -0.2) is 26.3 Å². The first-order chi connectivity index (χ1) is 14.6. The van der Waals surface area contributed by atoms with Gasteiger partial charge >= 0.3 is 0 Å². The zero-order valence-electron chi connectivity index (χ0n) is 16.2. The van der Waals surface area contributed by atoms with Crippen molar-refractivity contribution in [1.82, 2.24) is 15.2 Å². The number of halogens is 1. The van der Waals surface area contributed by atoms with E-state index in [2.05, 4.69) is 36.4 Å². The maximum atomic E-state index is 12.8. The number of aromatic amines is 1. The van der Waals surface area contributed by atoms with Gasteiger partial charge in [-0.2, -0.15) is 0 Å². The molecular formula is C23H19BrN4OS. The van der Waals surface area contributed by atoms with Crippen LogP contribution in [0.4, 0.5) is 5.69 Å². The molecule has 3 aromatic carbocycles. The van der Waals surface area contributed by atoms with Gasteiger partial charge in [-0.3, -0.25) is 9.89 Å². The smallest absolute Gasteiger partial charge is 0.237 e. The number of amides is 1. The average molecular weight is 479 g/mol. The van der Waals surface area contributed by atoms with Gasteiger partial charge in [0.2, 0.25) is 11.1 Å². The summed E-state index contributed by atoms with van der Waals surface area (Å²) in [6.07, 6.45) is 0. The highest BCUT2D eigenvalue weighted by Crippen LogP contribution is 2.30. The van der Waals surface area contributed by atoms with Crippen LogP contribution in [0.1, 0.15) is 6.92 Å². The number of benzene rings is 3. The number of hydrogen-bond acceptors (Lipinski definition) is 4. The molecule has 0 fully saturated rings. The molecule has 0 aliphatic rings. The van der Waals surface area contributed by atoms with E-state index in [0.29, 0.717) is 11.0 Å². The van der Waals surface area contributed by atoms with E-state index < -0.39 is 0 Å². The summed E-state index contributed by atoms with van der Waals surface area (Å²) < 4.78 is 0.931. The summed E-state index contributed by atoms with van der Waals surface area (Å²) in [7, 11) is 0. The molecule has 0 aliphatic heterocycles. The SMILES string of the molecule is CC(Sc1n[nH]c(-c2ccccc2Br)n1)C(=O)Nc1ccccc1-c1ccccc1.